The summed E-state index contributed by atoms with van der Waals surface area (Å²) in [6.07, 6.45) is 22.3. The van der Waals surface area contributed by atoms with Crippen molar-refractivity contribution in [2.75, 3.05) is 0 Å². The van der Waals surface area contributed by atoms with E-state index in [0.29, 0.717) is 12.1 Å². The van der Waals surface area contributed by atoms with E-state index in [1.165, 1.54) is 64.2 Å². The van der Waals surface area contributed by atoms with E-state index in [-0.39, 0.29) is 5.78 Å². The summed E-state index contributed by atoms with van der Waals surface area (Å²) in [7, 11) is 0. The maximum atomic E-state index is 11.9. The molecule has 0 aliphatic heterocycles. The predicted molar refractivity (Wildman–Crippen MR) is 103 cm³/mol. The second-order valence-corrected chi connectivity index (χ2v) is 6.62. The molecular weight excluding hydrogens is 294 g/mol. The molecule has 0 atom stereocenters. The Balaban J connectivity index is 1.86. The molecule has 1 rings (SSSR count). The molecule has 0 aliphatic rings. The topological polar surface area (TPSA) is 30.0 Å². The standard InChI is InChI=1S/C22H35NO/c1-2-3-4-5-6-7-8-9-10-11-12-13-14-15-19-22(24)21-18-16-17-20-23-21/h9-10,16-18,20H,2-8,11-15,19H2,1H3/b10-9-. The third-order valence-corrected chi connectivity index (χ3v) is 4.37. The zero-order chi connectivity index (χ0) is 17.3. The molecule has 0 N–H and O–H groups in total. The Bertz CT molecular complexity index is 439. The summed E-state index contributed by atoms with van der Waals surface area (Å²) in [6.45, 7) is 2.26. The van der Waals surface area contributed by atoms with Gasteiger partial charge in [-0.25, -0.2) is 0 Å². The quantitative estimate of drug-likeness (QED) is 0.199. The summed E-state index contributed by atoms with van der Waals surface area (Å²) in [4.78, 5) is 16.0. The number of nitrogens with zero attached hydrogens (tertiary/aromatic N) is 1. The van der Waals surface area contributed by atoms with Crippen LogP contribution in [0.5, 0.6) is 0 Å². The highest BCUT2D eigenvalue weighted by atomic mass is 16.1. The van der Waals surface area contributed by atoms with E-state index in [9.17, 15) is 4.79 Å². The number of carbonyl (C=O) groups excluding carboxylic acids is 1. The van der Waals surface area contributed by atoms with E-state index < -0.39 is 0 Å². The van der Waals surface area contributed by atoms with E-state index in [4.69, 9.17) is 0 Å². The monoisotopic (exact) mass is 329 g/mol. The number of carbonyl (C=O) groups is 1. The van der Waals surface area contributed by atoms with Gasteiger partial charge in [0.05, 0.1) is 0 Å². The summed E-state index contributed by atoms with van der Waals surface area (Å²) in [5.74, 6) is 0.175. The van der Waals surface area contributed by atoms with Crippen molar-refractivity contribution in [2.45, 2.75) is 90.4 Å². The van der Waals surface area contributed by atoms with Crippen LogP contribution in [-0.4, -0.2) is 10.8 Å². The molecule has 1 aromatic heterocycles. The zero-order valence-electron chi connectivity index (χ0n) is 15.5. The van der Waals surface area contributed by atoms with Crippen molar-refractivity contribution in [3.63, 3.8) is 0 Å². The third kappa shape index (κ3) is 11.2. The lowest BCUT2D eigenvalue weighted by Crippen LogP contribution is -2.01. The van der Waals surface area contributed by atoms with Crippen LogP contribution in [0.1, 0.15) is 101 Å². The van der Waals surface area contributed by atoms with Gasteiger partial charge in [-0.1, -0.05) is 70.1 Å². The van der Waals surface area contributed by atoms with Crippen molar-refractivity contribution in [2.24, 2.45) is 0 Å². The number of Topliss-reactive ketones (excluding diaryl/α,β-unsaturated/α-hetero) is 1. The minimum atomic E-state index is 0.175. The number of hydrogen-bond donors (Lipinski definition) is 0. The van der Waals surface area contributed by atoms with Crippen molar-refractivity contribution < 1.29 is 4.79 Å². The fourth-order valence-electron chi connectivity index (χ4n) is 2.84. The molecule has 0 unspecified atom stereocenters. The van der Waals surface area contributed by atoms with Gasteiger partial charge in [0.1, 0.15) is 5.69 Å². The number of ketones is 1. The van der Waals surface area contributed by atoms with Gasteiger partial charge in [0.2, 0.25) is 0 Å². The molecule has 2 nitrogen and oxygen atoms in total. The van der Waals surface area contributed by atoms with Crippen LogP contribution in [0.3, 0.4) is 0 Å². The van der Waals surface area contributed by atoms with Gasteiger partial charge in [-0.15, -0.1) is 0 Å². The average molecular weight is 330 g/mol. The highest BCUT2D eigenvalue weighted by Gasteiger charge is 2.05. The highest BCUT2D eigenvalue weighted by Crippen LogP contribution is 2.10. The molecular formula is C22H35NO. The summed E-state index contributed by atoms with van der Waals surface area (Å²) in [6, 6.07) is 5.52. The van der Waals surface area contributed by atoms with Crippen molar-refractivity contribution in [3.8, 4) is 0 Å². The van der Waals surface area contributed by atoms with Gasteiger partial charge in [0.25, 0.3) is 0 Å². The molecule has 0 aromatic carbocycles. The molecule has 1 aromatic rings. The summed E-state index contributed by atoms with van der Waals surface area (Å²) in [5, 5.41) is 0. The predicted octanol–water partition coefficient (Wildman–Crippen LogP) is 6.91. The van der Waals surface area contributed by atoms with Gasteiger partial charge in [-0.2, -0.15) is 0 Å². The van der Waals surface area contributed by atoms with E-state index in [2.05, 4.69) is 24.1 Å². The SMILES string of the molecule is CCCCCCCC/C=C\CCCCCCC(=O)c1ccccn1. The number of hydrogen-bond acceptors (Lipinski definition) is 2. The Kier molecular flexibility index (Phi) is 13.0. The fraction of sp³-hybridized carbons (Fsp3) is 0.636. The minimum Gasteiger partial charge on any atom is -0.292 e. The van der Waals surface area contributed by atoms with Crippen molar-refractivity contribution >= 4 is 5.78 Å². The van der Waals surface area contributed by atoms with E-state index in [1.807, 2.05) is 12.1 Å². The second-order valence-electron chi connectivity index (χ2n) is 6.62. The van der Waals surface area contributed by atoms with E-state index in [0.717, 1.165) is 12.8 Å². The Morgan fingerprint density at radius 2 is 1.50 bits per heavy atom. The van der Waals surface area contributed by atoms with Crippen LogP contribution in [0.2, 0.25) is 0 Å². The van der Waals surface area contributed by atoms with Gasteiger partial charge in [-0.3, -0.25) is 9.78 Å². The first-order chi connectivity index (χ1) is 11.8. The molecule has 0 aliphatic carbocycles. The highest BCUT2D eigenvalue weighted by molar-refractivity contribution is 5.94. The lowest BCUT2D eigenvalue weighted by molar-refractivity contribution is 0.0974. The van der Waals surface area contributed by atoms with Gasteiger partial charge < -0.3 is 0 Å². The van der Waals surface area contributed by atoms with Crippen LogP contribution in [-0.2, 0) is 0 Å². The Morgan fingerprint density at radius 1 is 0.875 bits per heavy atom. The first kappa shape index (κ1) is 20.6. The summed E-state index contributed by atoms with van der Waals surface area (Å²) < 4.78 is 0. The first-order valence-electron chi connectivity index (χ1n) is 9.94. The molecule has 1 heterocycles. The fourth-order valence-corrected chi connectivity index (χ4v) is 2.84. The Hall–Kier alpha value is -1.44. The lowest BCUT2D eigenvalue weighted by atomic mass is 10.1. The molecule has 0 saturated carbocycles. The normalized spacial score (nSPS) is 11.2. The molecule has 0 spiro atoms. The van der Waals surface area contributed by atoms with Gasteiger partial charge in [0, 0.05) is 12.6 Å². The zero-order valence-corrected chi connectivity index (χ0v) is 15.5. The van der Waals surface area contributed by atoms with Gasteiger partial charge in [-0.05, 0) is 44.2 Å². The number of rotatable bonds is 15. The van der Waals surface area contributed by atoms with Crippen LogP contribution in [0.4, 0.5) is 0 Å². The van der Waals surface area contributed by atoms with Crippen LogP contribution in [0.25, 0.3) is 0 Å². The molecule has 2 heteroatoms. The first-order valence-corrected chi connectivity index (χ1v) is 9.94. The molecule has 0 amide bonds. The average Bonchev–Trinajstić information content (AvgIpc) is 2.62. The Labute approximate surface area is 148 Å². The van der Waals surface area contributed by atoms with Gasteiger partial charge in [0.15, 0.2) is 5.78 Å². The number of aromatic nitrogens is 1. The van der Waals surface area contributed by atoms with Crippen LogP contribution in [0.15, 0.2) is 36.5 Å². The van der Waals surface area contributed by atoms with Crippen molar-refractivity contribution in [1.29, 1.82) is 0 Å². The molecule has 0 fully saturated rings. The Morgan fingerprint density at radius 3 is 2.12 bits per heavy atom. The molecule has 0 saturated heterocycles. The molecule has 0 bridgehead atoms. The van der Waals surface area contributed by atoms with Crippen molar-refractivity contribution in [3.05, 3.63) is 42.2 Å². The van der Waals surface area contributed by atoms with Crippen molar-refractivity contribution in [1.82, 2.24) is 4.98 Å². The van der Waals surface area contributed by atoms with Crippen LogP contribution in [0, 0.1) is 0 Å². The lowest BCUT2D eigenvalue weighted by Gasteiger charge is -2.00. The number of unbranched alkanes of at least 4 members (excludes halogenated alkanes) is 10. The largest absolute Gasteiger partial charge is 0.292 e. The third-order valence-electron chi connectivity index (χ3n) is 4.37. The second kappa shape index (κ2) is 15.1. The minimum absolute atomic E-state index is 0.175. The molecule has 134 valence electrons. The smallest absolute Gasteiger partial charge is 0.181 e. The van der Waals surface area contributed by atoms with Crippen LogP contribution >= 0.6 is 0 Å². The van der Waals surface area contributed by atoms with E-state index >= 15 is 0 Å². The maximum absolute atomic E-state index is 11.9. The number of pyridine rings is 1. The summed E-state index contributed by atoms with van der Waals surface area (Å²) >= 11 is 0. The number of allylic oxidation sites excluding steroid dienone is 2. The van der Waals surface area contributed by atoms with E-state index in [1.54, 1.807) is 12.3 Å². The van der Waals surface area contributed by atoms with Gasteiger partial charge >= 0.3 is 0 Å². The molecule has 24 heavy (non-hydrogen) atoms. The summed E-state index contributed by atoms with van der Waals surface area (Å²) in [5.41, 5.74) is 0.607. The maximum Gasteiger partial charge on any atom is 0.181 e. The van der Waals surface area contributed by atoms with Crippen LogP contribution < -0.4 is 0 Å². The molecule has 0 radical (unpaired) electrons.